The van der Waals surface area contributed by atoms with Gasteiger partial charge in [-0.3, -0.25) is 4.90 Å². The Morgan fingerprint density at radius 3 is 2.60 bits per heavy atom. The van der Waals surface area contributed by atoms with Crippen molar-refractivity contribution in [3.8, 4) is 0 Å². The number of thioether (sulfide) groups is 1. The summed E-state index contributed by atoms with van der Waals surface area (Å²) in [5, 5.41) is 5.64. The summed E-state index contributed by atoms with van der Waals surface area (Å²) in [5.74, 6) is 0. The van der Waals surface area contributed by atoms with E-state index in [9.17, 15) is 18.0 Å². The molecule has 2 atom stereocenters. The molecule has 1 aromatic rings. The molecule has 25 heavy (non-hydrogen) atoms. The summed E-state index contributed by atoms with van der Waals surface area (Å²) in [6.07, 6.45) is 0.916. The summed E-state index contributed by atoms with van der Waals surface area (Å²) < 4.78 is 36.9. The molecule has 0 spiro atoms. The molecule has 2 heterocycles. The van der Waals surface area contributed by atoms with Gasteiger partial charge in [0.05, 0.1) is 0 Å². The van der Waals surface area contributed by atoms with Crippen molar-refractivity contribution in [2.75, 3.05) is 38.5 Å². The second kappa shape index (κ2) is 7.43. The van der Waals surface area contributed by atoms with Crippen LogP contribution < -0.4 is 10.6 Å². The van der Waals surface area contributed by atoms with Crippen LogP contribution in [0.4, 0.5) is 23.7 Å². The second-order valence-corrected chi connectivity index (χ2v) is 7.65. The van der Waals surface area contributed by atoms with E-state index in [1.807, 2.05) is 0 Å². The number of piperazine rings is 1. The van der Waals surface area contributed by atoms with Gasteiger partial charge in [0.15, 0.2) is 0 Å². The number of hydrogen-bond acceptors (Lipinski definition) is 4. The quantitative estimate of drug-likeness (QED) is 0.799. The molecule has 5 nitrogen and oxygen atoms in total. The van der Waals surface area contributed by atoms with Gasteiger partial charge in [-0.25, -0.2) is 4.79 Å². The average Bonchev–Trinajstić information content (AvgIpc) is 2.89. The lowest BCUT2D eigenvalue weighted by Crippen LogP contribution is -2.48. The van der Waals surface area contributed by atoms with Crippen molar-refractivity contribution >= 4 is 23.5 Å². The number of halogens is 3. The maximum Gasteiger partial charge on any atom is 0.446 e. The predicted octanol–water partition coefficient (Wildman–Crippen LogP) is 2.81. The monoisotopic (exact) mass is 374 g/mol. The molecule has 0 aliphatic carbocycles. The van der Waals surface area contributed by atoms with Crippen LogP contribution in [0.2, 0.25) is 0 Å². The predicted molar refractivity (Wildman–Crippen MR) is 91.8 cm³/mol. The van der Waals surface area contributed by atoms with Crippen molar-refractivity contribution < 1.29 is 18.0 Å². The van der Waals surface area contributed by atoms with Crippen molar-refractivity contribution in [2.24, 2.45) is 0 Å². The standard InChI is InChI=1S/C16H21F3N4OS/c1-22-6-7-23-9-12(8-13(23)10-22)21-15(24)20-11-2-4-14(5-3-11)25-16(17,18)19/h2-5,12-13H,6-10H2,1H3,(H2,20,21,24)/t12-,13-/m0/s1. The number of urea groups is 1. The Kier molecular flexibility index (Phi) is 5.45. The summed E-state index contributed by atoms with van der Waals surface area (Å²) >= 11 is -0.172. The van der Waals surface area contributed by atoms with Crippen molar-refractivity contribution in [2.45, 2.75) is 28.9 Å². The summed E-state index contributed by atoms with van der Waals surface area (Å²) in [6.45, 7) is 3.90. The second-order valence-electron chi connectivity index (χ2n) is 6.51. The Balaban J connectivity index is 1.48. The number of anilines is 1. The molecule has 3 rings (SSSR count). The van der Waals surface area contributed by atoms with Crippen molar-refractivity contribution in [1.82, 2.24) is 15.1 Å². The molecular formula is C16H21F3N4OS. The summed E-state index contributed by atoms with van der Waals surface area (Å²) in [4.78, 5) is 16.9. The third-order valence-electron chi connectivity index (χ3n) is 4.50. The van der Waals surface area contributed by atoms with E-state index < -0.39 is 5.51 Å². The summed E-state index contributed by atoms with van der Waals surface area (Å²) in [5.41, 5.74) is -3.84. The van der Waals surface area contributed by atoms with E-state index in [0.717, 1.165) is 32.6 Å². The third kappa shape index (κ3) is 5.26. The van der Waals surface area contributed by atoms with Crippen LogP contribution in [-0.4, -0.2) is 66.6 Å². The Morgan fingerprint density at radius 1 is 1.20 bits per heavy atom. The van der Waals surface area contributed by atoms with Gasteiger partial charge in [-0.2, -0.15) is 13.2 Å². The molecule has 0 aromatic heterocycles. The minimum absolute atomic E-state index is 0.0928. The highest BCUT2D eigenvalue weighted by atomic mass is 32.2. The maximum atomic E-state index is 12.3. The van der Waals surface area contributed by atoms with Gasteiger partial charge >= 0.3 is 11.5 Å². The van der Waals surface area contributed by atoms with Crippen molar-refractivity contribution in [3.05, 3.63) is 24.3 Å². The van der Waals surface area contributed by atoms with Gasteiger partial charge in [0.1, 0.15) is 0 Å². The summed E-state index contributed by atoms with van der Waals surface area (Å²) in [6, 6.07) is 5.88. The largest absolute Gasteiger partial charge is 0.446 e. The molecule has 2 aliphatic rings. The van der Waals surface area contributed by atoms with Crippen LogP contribution in [-0.2, 0) is 0 Å². The van der Waals surface area contributed by atoms with E-state index in [4.69, 9.17) is 0 Å². The van der Waals surface area contributed by atoms with E-state index in [2.05, 4.69) is 27.5 Å². The zero-order valence-corrected chi connectivity index (χ0v) is 14.7. The normalized spacial score (nSPS) is 24.8. The zero-order chi connectivity index (χ0) is 18.0. The van der Waals surface area contributed by atoms with Crippen LogP contribution in [0, 0.1) is 0 Å². The highest BCUT2D eigenvalue weighted by molar-refractivity contribution is 8.00. The Morgan fingerprint density at radius 2 is 1.92 bits per heavy atom. The van der Waals surface area contributed by atoms with Crippen LogP contribution >= 0.6 is 11.8 Å². The molecular weight excluding hydrogens is 353 g/mol. The first kappa shape index (κ1) is 18.3. The van der Waals surface area contributed by atoms with Gasteiger partial charge in [-0.1, -0.05) is 0 Å². The molecule has 0 radical (unpaired) electrons. The van der Waals surface area contributed by atoms with E-state index in [1.165, 1.54) is 24.3 Å². The third-order valence-corrected chi connectivity index (χ3v) is 5.24. The van der Waals surface area contributed by atoms with E-state index in [-0.39, 0.29) is 28.7 Å². The molecule has 2 saturated heterocycles. The first-order valence-electron chi connectivity index (χ1n) is 8.14. The lowest BCUT2D eigenvalue weighted by atomic mass is 10.1. The number of likely N-dealkylation sites (N-methyl/N-ethyl adjacent to an activating group) is 1. The number of carbonyl (C=O) groups is 1. The molecule has 0 bridgehead atoms. The van der Waals surface area contributed by atoms with Crippen molar-refractivity contribution in [1.29, 1.82) is 0 Å². The molecule has 0 unspecified atom stereocenters. The fourth-order valence-corrected chi connectivity index (χ4v) is 3.93. The number of carbonyl (C=O) groups excluding carboxylic acids is 1. The minimum Gasteiger partial charge on any atom is -0.334 e. The van der Waals surface area contributed by atoms with Crippen LogP contribution in [0.25, 0.3) is 0 Å². The SMILES string of the molecule is CN1CCN2C[C@@H](NC(=O)Nc3ccc(SC(F)(F)F)cc3)C[C@H]2C1. The van der Waals surface area contributed by atoms with E-state index in [1.54, 1.807) is 0 Å². The molecule has 2 N–H and O–H groups in total. The lowest BCUT2D eigenvalue weighted by Gasteiger charge is -2.34. The first-order chi connectivity index (χ1) is 11.8. The number of amides is 2. The average molecular weight is 374 g/mol. The Labute approximate surface area is 148 Å². The molecule has 1 aromatic carbocycles. The fourth-order valence-electron chi connectivity index (χ4n) is 3.40. The zero-order valence-electron chi connectivity index (χ0n) is 13.8. The number of fused-ring (bicyclic) bond motifs is 1. The van der Waals surface area contributed by atoms with Gasteiger partial charge < -0.3 is 15.5 Å². The molecule has 138 valence electrons. The minimum atomic E-state index is -4.31. The highest BCUT2D eigenvalue weighted by Crippen LogP contribution is 2.37. The van der Waals surface area contributed by atoms with Crippen LogP contribution in [0.15, 0.2) is 29.2 Å². The molecule has 0 saturated carbocycles. The molecule has 9 heteroatoms. The van der Waals surface area contributed by atoms with Crippen LogP contribution in [0.1, 0.15) is 6.42 Å². The molecule has 2 amide bonds. The van der Waals surface area contributed by atoms with Gasteiger partial charge in [0.2, 0.25) is 0 Å². The lowest BCUT2D eigenvalue weighted by molar-refractivity contribution is -0.0328. The number of rotatable bonds is 3. The smallest absolute Gasteiger partial charge is 0.334 e. The fraction of sp³-hybridized carbons (Fsp3) is 0.562. The Bertz CT molecular complexity index is 610. The topological polar surface area (TPSA) is 47.6 Å². The van der Waals surface area contributed by atoms with E-state index >= 15 is 0 Å². The van der Waals surface area contributed by atoms with Gasteiger partial charge in [-0.15, -0.1) is 0 Å². The van der Waals surface area contributed by atoms with Gasteiger partial charge in [-0.05, 0) is 49.5 Å². The van der Waals surface area contributed by atoms with Crippen molar-refractivity contribution in [3.63, 3.8) is 0 Å². The molecule has 2 aliphatic heterocycles. The number of nitrogens with zero attached hydrogens (tertiary/aromatic N) is 2. The molecule has 2 fully saturated rings. The van der Waals surface area contributed by atoms with Gasteiger partial charge in [0.25, 0.3) is 0 Å². The maximum absolute atomic E-state index is 12.3. The van der Waals surface area contributed by atoms with Crippen LogP contribution in [0.5, 0.6) is 0 Å². The van der Waals surface area contributed by atoms with E-state index in [0.29, 0.717) is 11.7 Å². The number of nitrogens with one attached hydrogen (secondary N) is 2. The highest BCUT2D eigenvalue weighted by Gasteiger charge is 2.35. The number of alkyl halides is 3. The Hall–Kier alpha value is -1.45. The van der Waals surface area contributed by atoms with Crippen LogP contribution in [0.3, 0.4) is 0 Å². The van der Waals surface area contributed by atoms with Gasteiger partial charge in [0, 0.05) is 48.8 Å². The number of benzene rings is 1. The summed E-state index contributed by atoms with van der Waals surface area (Å²) in [7, 11) is 2.10. The number of hydrogen-bond donors (Lipinski definition) is 2. The first-order valence-corrected chi connectivity index (χ1v) is 8.96.